The summed E-state index contributed by atoms with van der Waals surface area (Å²) < 4.78 is 31.8. The Morgan fingerprint density at radius 1 is 1.39 bits per heavy atom. The number of nitrogens with zero attached hydrogens (tertiary/aromatic N) is 2. The maximum absolute atomic E-state index is 13.0. The van der Waals surface area contributed by atoms with Gasteiger partial charge in [0.25, 0.3) is 0 Å². The van der Waals surface area contributed by atoms with Crippen LogP contribution in [0, 0.1) is 11.6 Å². The van der Waals surface area contributed by atoms with Crippen LogP contribution in [0.2, 0.25) is 0 Å². The van der Waals surface area contributed by atoms with Gasteiger partial charge in [0.15, 0.2) is 17.3 Å². The number of carbonyl (C=O) groups is 1. The Hall–Kier alpha value is -2.24. The van der Waals surface area contributed by atoms with E-state index in [4.69, 9.17) is 0 Å². The highest BCUT2D eigenvalue weighted by Crippen LogP contribution is 2.10. The number of esters is 1. The first kappa shape index (κ1) is 12.2. The molecule has 0 saturated carbocycles. The molecule has 18 heavy (non-hydrogen) atoms. The normalized spacial score (nSPS) is 10.4. The van der Waals surface area contributed by atoms with Crippen molar-refractivity contribution in [3.63, 3.8) is 0 Å². The number of carbonyl (C=O) groups excluding carboxylic acids is 1. The summed E-state index contributed by atoms with van der Waals surface area (Å²) in [7, 11) is 1.26. The topological polar surface area (TPSA) is 44.1 Å². The molecular weight excluding hydrogens is 242 g/mol. The van der Waals surface area contributed by atoms with Crippen molar-refractivity contribution in [2.24, 2.45) is 0 Å². The molecule has 0 aliphatic heterocycles. The molecular formula is C12H10F2N2O2. The molecule has 1 aromatic heterocycles. The fourth-order valence-corrected chi connectivity index (χ4v) is 1.51. The van der Waals surface area contributed by atoms with Crippen molar-refractivity contribution in [3.05, 3.63) is 53.6 Å². The van der Waals surface area contributed by atoms with Crippen LogP contribution in [0.5, 0.6) is 0 Å². The third-order valence-corrected chi connectivity index (χ3v) is 2.38. The molecule has 2 rings (SSSR count). The Kier molecular flexibility index (Phi) is 3.36. The van der Waals surface area contributed by atoms with Gasteiger partial charge in [0.05, 0.1) is 13.4 Å². The zero-order chi connectivity index (χ0) is 13.1. The SMILES string of the molecule is COC(=O)c1cn(Cc2ccc(F)c(F)c2)cn1. The highest BCUT2D eigenvalue weighted by atomic mass is 19.2. The summed E-state index contributed by atoms with van der Waals surface area (Å²) in [6.07, 6.45) is 2.90. The first-order valence-electron chi connectivity index (χ1n) is 5.14. The lowest BCUT2D eigenvalue weighted by Gasteiger charge is -2.02. The lowest BCUT2D eigenvalue weighted by molar-refractivity contribution is 0.0594. The van der Waals surface area contributed by atoms with Gasteiger partial charge in [-0.1, -0.05) is 6.07 Å². The van der Waals surface area contributed by atoms with Gasteiger partial charge in [0.1, 0.15) is 0 Å². The highest BCUT2D eigenvalue weighted by molar-refractivity contribution is 5.86. The Labute approximate surface area is 102 Å². The van der Waals surface area contributed by atoms with E-state index in [-0.39, 0.29) is 5.69 Å². The van der Waals surface area contributed by atoms with Gasteiger partial charge < -0.3 is 9.30 Å². The largest absolute Gasteiger partial charge is 0.464 e. The zero-order valence-electron chi connectivity index (χ0n) is 9.56. The van der Waals surface area contributed by atoms with Crippen LogP contribution < -0.4 is 0 Å². The van der Waals surface area contributed by atoms with Gasteiger partial charge in [0, 0.05) is 12.7 Å². The van der Waals surface area contributed by atoms with Crippen LogP contribution >= 0.6 is 0 Å². The van der Waals surface area contributed by atoms with E-state index in [1.54, 1.807) is 4.57 Å². The van der Waals surface area contributed by atoms with Gasteiger partial charge in [-0.25, -0.2) is 18.6 Å². The average Bonchev–Trinajstić information content (AvgIpc) is 2.81. The predicted octanol–water partition coefficient (Wildman–Crippen LogP) is 2.00. The van der Waals surface area contributed by atoms with E-state index in [1.165, 1.54) is 25.7 Å². The zero-order valence-corrected chi connectivity index (χ0v) is 9.56. The van der Waals surface area contributed by atoms with Crippen LogP contribution in [0.25, 0.3) is 0 Å². The summed E-state index contributed by atoms with van der Waals surface area (Å²) >= 11 is 0. The number of imidazole rings is 1. The van der Waals surface area contributed by atoms with E-state index in [1.807, 2.05) is 0 Å². The van der Waals surface area contributed by atoms with Gasteiger partial charge in [-0.3, -0.25) is 0 Å². The second-order valence-corrected chi connectivity index (χ2v) is 3.67. The van der Waals surface area contributed by atoms with Gasteiger partial charge in [-0.05, 0) is 17.7 Å². The van der Waals surface area contributed by atoms with E-state index in [2.05, 4.69) is 9.72 Å². The number of benzene rings is 1. The van der Waals surface area contributed by atoms with Crippen molar-refractivity contribution >= 4 is 5.97 Å². The summed E-state index contributed by atoms with van der Waals surface area (Å²) in [5.41, 5.74) is 0.739. The molecule has 0 aliphatic carbocycles. The van der Waals surface area contributed by atoms with Crippen molar-refractivity contribution < 1.29 is 18.3 Å². The molecule has 0 spiro atoms. The standard InChI is InChI=1S/C12H10F2N2O2/c1-18-12(17)11-6-16(7-15-11)5-8-2-3-9(13)10(14)4-8/h2-4,6-7H,5H2,1H3. The molecule has 2 aromatic rings. The molecule has 1 heterocycles. The summed E-state index contributed by atoms with van der Waals surface area (Å²) in [6, 6.07) is 3.63. The van der Waals surface area contributed by atoms with Gasteiger partial charge >= 0.3 is 5.97 Å². The quantitative estimate of drug-likeness (QED) is 0.785. The lowest BCUT2D eigenvalue weighted by atomic mass is 10.2. The first-order chi connectivity index (χ1) is 8.60. The summed E-state index contributed by atoms with van der Waals surface area (Å²) in [5, 5.41) is 0. The van der Waals surface area contributed by atoms with E-state index in [0.29, 0.717) is 12.1 Å². The van der Waals surface area contributed by atoms with E-state index < -0.39 is 17.6 Å². The van der Waals surface area contributed by atoms with Crippen LogP contribution in [0.1, 0.15) is 16.1 Å². The Bertz CT molecular complexity index is 581. The Morgan fingerprint density at radius 2 is 2.17 bits per heavy atom. The molecule has 0 radical (unpaired) electrons. The fourth-order valence-electron chi connectivity index (χ4n) is 1.51. The molecule has 0 bridgehead atoms. The molecule has 0 amide bonds. The van der Waals surface area contributed by atoms with Crippen LogP contribution in [0.4, 0.5) is 8.78 Å². The second kappa shape index (κ2) is 4.95. The number of halogens is 2. The van der Waals surface area contributed by atoms with Crippen LogP contribution in [-0.2, 0) is 11.3 Å². The minimum Gasteiger partial charge on any atom is -0.464 e. The number of rotatable bonds is 3. The minimum atomic E-state index is -0.902. The van der Waals surface area contributed by atoms with Gasteiger partial charge in [-0.2, -0.15) is 0 Å². The number of ether oxygens (including phenoxy) is 1. The third kappa shape index (κ3) is 2.53. The summed E-state index contributed by atoms with van der Waals surface area (Å²) in [5.74, 6) is -2.33. The predicted molar refractivity (Wildman–Crippen MR) is 59.0 cm³/mol. The molecule has 0 N–H and O–H groups in total. The molecule has 0 atom stereocenters. The summed E-state index contributed by atoms with van der Waals surface area (Å²) in [6.45, 7) is 0.293. The molecule has 0 aliphatic rings. The summed E-state index contributed by atoms with van der Waals surface area (Å²) in [4.78, 5) is 15.0. The molecule has 0 saturated heterocycles. The van der Waals surface area contributed by atoms with Crippen molar-refractivity contribution in [3.8, 4) is 0 Å². The first-order valence-corrected chi connectivity index (χ1v) is 5.14. The maximum atomic E-state index is 13.0. The van der Waals surface area contributed by atoms with E-state index >= 15 is 0 Å². The van der Waals surface area contributed by atoms with Crippen LogP contribution in [0.15, 0.2) is 30.7 Å². The Morgan fingerprint density at radius 3 is 2.83 bits per heavy atom. The van der Waals surface area contributed by atoms with Crippen molar-refractivity contribution in [2.45, 2.75) is 6.54 Å². The van der Waals surface area contributed by atoms with Gasteiger partial charge in [-0.15, -0.1) is 0 Å². The van der Waals surface area contributed by atoms with Crippen LogP contribution in [-0.4, -0.2) is 22.6 Å². The maximum Gasteiger partial charge on any atom is 0.358 e. The molecule has 94 valence electrons. The van der Waals surface area contributed by atoms with Crippen molar-refractivity contribution in [1.82, 2.24) is 9.55 Å². The Balaban J connectivity index is 2.16. The second-order valence-electron chi connectivity index (χ2n) is 3.67. The van der Waals surface area contributed by atoms with Gasteiger partial charge in [0.2, 0.25) is 0 Å². The van der Waals surface area contributed by atoms with E-state index in [0.717, 1.165) is 12.1 Å². The minimum absolute atomic E-state index is 0.167. The van der Waals surface area contributed by atoms with Crippen molar-refractivity contribution in [2.75, 3.05) is 7.11 Å². The number of methoxy groups -OCH3 is 1. The van der Waals surface area contributed by atoms with Crippen molar-refractivity contribution in [1.29, 1.82) is 0 Å². The molecule has 4 nitrogen and oxygen atoms in total. The molecule has 0 unspecified atom stereocenters. The lowest BCUT2D eigenvalue weighted by Crippen LogP contribution is -2.02. The third-order valence-electron chi connectivity index (χ3n) is 2.38. The molecule has 0 fully saturated rings. The molecule has 6 heteroatoms. The number of hydrogen-bond acceptors (Lipinski definition) is 3. The fraction of sp³-hybridized carbons (Fsp3) is 0.167. The highest BCUT2D eigenvalue weighted by Gasteiger charge is 2.09. The van der Waals surface area contributed by atoms with Crippen LogP contribution in [0.3, 0.4) is 0 Å². The number of aromatic nitrogens is 2. The van der Waals surface area contributed by atoms with E-state index in [9.17, 15) is 13.6 Å². The monoisotopic (exact) mass is 252 g/mol. The molecule has 1 aromatic carbocycles. The average molecular weight is 252 g/mol. The smallest absolute Gasteiger partial charge is 0.358 e. The number of hydrogen-bond donors (Lipinski definition) is 0.